The van der Waals surface area contributed by atoms with Crippen LogP contribution in [0.5, 0.6) is 5.75 Å². The first-order valence-electron chi connectivity index (χ1n) is 4.20. The lowest BCUT2D eigenvalue weighted by atomic mass is 10.1. The van der Waals surface area contributed by atoms with Crippen LogP contribution in [0, 0.1) is 5.82 Å². The summed E-state index contributed by atoms with van der Waals surface area (Å²) in [6.45, 7) is 0. The predicted molar refractivity (Wildman–Crippen MR) is 51.9 cm³/mol. The van der Waals surface area contributed by atoms with Gasteiger partial charge in [0.15, 0.2) is 0 Å². The Hall–Kier alpha value is -2.17. The van der Waals surface area contributed by atoms with Crippen LogP contribution in [-0.2, 0) is 0 Å². The van der Waals surface area contributed by atoms with Crippen molar-refractivity contribution in [3.63, 3.8) is 0 Å². The second-order valence-corrected chi connectivity index (χ2v) is 2.97. The van der Waals surface area contributed by atoms with Crippen LogP contribution >= 0.6 is 0 Å². The quantitative estimate of drug-likeness (QED) is 0.738. The molecule has 0 fully saturated rings. The first-order chi connectivity index (χ1) is 7.16. The molecule has 1 aromatic carbocycles. The van der Waals surface area contributed by atoms with Crippen molar-refractivity contribution in [2.75, 3.05) is 0 Å². The first-order valence-corrected chi connectivity index (χ1v) is 4.20. The first kappa shape index (κ1) is 9.39. The van der Waals surface area contributed by atoms with Crippen LogP contribution in [0.2, 0.25) is 0 Å². The zero-order valence-electron chi connectivity index (χ0n) is 7.57. The second-order valence-electron chi connectivity index (χ2n) is 2.97. The number of phenols is 1. The molecule has 0 aliphatic heterocycles. The van der Waals surface area contributed by atoms with Gasteiger partial charge < -0.3 is 10.1 Å². The van der Waals surface area contributed by atoms with Gasteiger partial charge in [-0.05, 0) is 12.1 Å². The highest BCUT2D eigenvalue weighted by molar-refractivity contribution is 5.68. The van der Waals surface area contributed by atoms with E-state index < -0.39 is 11.5 Å². The maximum Gasteiger partial charge on any atom is 0.344 e. The number of benzene rings is 1. The van der Waals surface area contributed by atoms with Crippen molar-refractivity contribution in [3.8, 4) is 16.9 Å². The topological polar surface area (TPSA) is 66.0 Å². The number of nitrogens with one attached hydrogen (secondary N) is 1. The lowest BCUT2D eigenvalue weighted by molar-refractivity contribution is 0.471. The van der Waals surface area contributed by atoms with Gasteiger partial charge in [0.05, 0.1) is 0 Å². The van der Waals surface area contributed by atoms with E-state index in [0.29, 0.717) is 11.1 Å². The number of H-pyrrole nitrogens is 1. The molecule has 4 nitrogen and oxygen atoms in total. The molecule has 0 atom stereocenters. The molecule has 5 heteroatoms. The molecule has 2 N–H and O–H groups in total. The summed E-state index contributed by atoms with van der Waals surface area (Å²) in [5.74, 6) is -0.711. The Morgan fingerprint density at radius 3 is 2.80 bits per heavy atom. The zero-order chi connectivity index (χ0) is 10.8. The molecule has 0 saturated carbocycles. The maximum absolute atomic E-state index is 12.7. The Kier molecular flexibility index (Phi) is 2.21. The van der Waals surface area contributed by atoms with E-state index in [4.69, 9.17) is 0 Å². The van der Waals surface area contributed by atoms with Crippen molar-refractivity contribution in [2.45, 2.75) is 0 Å². The van der Waals surface area contributed by atoms with Gasteiger partial charge in [-0.25, -0.2) is 14.2 Å². The minimum Gasteiger partial charge on any atom is -0.507 e. The summed E-state index contributed by atoms with van der Waals surface area (Å²) in [5.41, 5.74) is 0.465. The van der Waals surface area contributed by atoms with Crippen LogP contribution < -0.4 is 5.69 Å². The SMILES string of the molecule is O=c1ncc(-c2ccc(F)cc2O)c[nH]1. The molecular weight excluding hydrogens is 199 g/mol. The predicted octanol–water partition coefficient (Wildman–Crippen LogP) is 1.28. The smallest absolute Gasteiger partial charge is 0.344 e. The van der Waals surface area contributed by atoms with Gasteiger partial charge >= 0.3 is 5.69 Å². The van der Waals surface area contributed by atoms with Crippen LogP contribution in [0.1, 0.15) is 0 Å². The summed E-state index contributed by atoms with van der Waals surface area (Å²) in [5, 5.41) is 9.45. The number of hydrogen-bond acceptors (Lipinski definition) is 3. The van der Waals surface area contributed by atoms with Crippen molar-refractivity contribution in [1.29, 1.82) is 0 Å². The molecule has 1 heterocycles. The zero-order valence-corrected chi connectivity index (χ0v) is 7.57. The molecule has 0 aliphatic carbocycles. The fraction of sp³-hybridized carbons (Fsp3) is 0. The van der Waals surface area contributed by atoms with Gasteiger partial charge in [-0.1, -0.05) is 0 Å². The van der Waals surface area contributed by atoms with Gasteiger partial charge in [-0.3, -0.25) is 0 Å². The van der Waals surface area contributed by atoms with E-state index in [1.54, 1.807) is 0 Å². The second kappa shape index (κ2) is 3.53. The average molecular weight is 206 g/mol. The molecular formula is C10H7FN2O2. The van der Waals surface area contributed by atoms with E-state index in [-0.39, 0.29) is 5.75 Å². The van der Waals surface area contributed by atoms with Gasteiger partial charge in [0.2, 0.25) is 0 Å². The molecule has 0 unspecified atom stereocenters. The monoisotopic (exact) mass is 206 g/mol. The molecule has 0 saturated heterocycles. The van der Waals surface area contributed by atoms with Crippen LogP contribution in [-0.4, -0.2) is 15.1 Å². The summed E-state index contributed by atoms with van der Waals surface area (Å²) >= 11 is 0. The third kappa shape index (κ3) is 1.85. The normalized spacial score (nSPS) is 10.2. The minimum atomic E-state index is -0.520. The van der Waals surface area contributed by atoms with Crippen molar-refractivity contribution >= 4 is 0 Å². The van der Waals surface area contributed by atoms with E-state index >= 15 is 0 Å². The van der Waals surface area contributed by atoms with Crippen LogP contribution in [0.15, 0.2) is 35.4 Å². The standard InChI is InChI=1S/C10H7FN2O2/c11-7-1-2-8(9(14)3-7)6-4-12-10(15)13-5-6/h1-5,14H,(H,12,13,15). The summed E-state index contributed by atoms with van der Waals surface area (Å²) < 4.78 is 12.7. The highest BCUT2D eigenvalue weighted by Gasteiger charge is 2.05. The minimum absolute atomic E-state index is 0.191. The Labute approximate surface area is 84.0 Å². The molecule has 15 heavy (non-hydrogen) atoms. The summed E-state index contributed by atoms with van der Waals surface area (Å²) in [4.78, 5) is 16.6. The van der Waals surface area contributed by atoms with E-state index in [1.165, 1.54) is 24.5 Å². The molecule has 0 aliphatic rings. The number of aromatic amines is 1. The number of nitrogens with zero attached hydrogens (tertiary/aromatic N) is 1. The van der Waals surface area contributed by atoms with E-state index in [0.717, 1.165) is 6.07 Å². The molecule has 2 rings (SSSR count). The van der Waals surface area contributed by atoms with Gasteiger partial charge in [0, 0.05) is 29.6 Å². The Balaban J connectivity index is 2.54. The molecule has 0 radical (unpaired) electrons. The van der Waals surface area contributed by atoms with Crippen molar-refractivity contribution in [3.05, 3.63) is 46.9 Å². The number of phenolic OH excluding ortho intramolecular Hbond substituents is 1. The number of halogens is 1. The number of hydrogen-bond donors (Lipinski definition) is 2. The molecule has 1 aromatic heterocycles. The van der Waals surface area contributed by atoms with Gasteiger partial charge in [0.1, 0.15) is 11.6 Å². The molecule has 76 valence electrons. The van der Waals surface area contributed by atoms with Crippen molar-refractivity contribution in [1.82, 2.24) is 9.97 Å². The largest absolute Gasteiger partial charge is 0.507 e. The van der Waals surface area contributed by atoms with Crippen molar-refractivity contribution in [2.24, 2.45) is 0 Å². The maximum atomic E-state index is 12.7. The third-order valence-electron chi connectivity index (χ3n) is 1.94. The van der Waals surface area contributed by atoms with Crippen LogP contribution in [0.3, 0.4) is 0 Å². The number of aromatic hydroxyl groups is 1. The average Bonchev–Trinajstić information content (AvgIpc) is 2.20. The lowest BCUT2D eigenvalue weighted by Gasteiger charge is -2.03. The third-order valence-corrected chi connectivity index (χ3v) is 1.94. The fourth-order valence-corrected chi connectivity index (χ4v) is 1.24. The molecule has 0 spiro atoms. The van der Waals surface area contributed by atoms with Crippen LogP contribution in [0.4, 0.5) is 4.39 Å². The summed E-state index contributed by atoms with van der Waals surface area (Å²) in [6.07, 6.45) is 2.72. The van der Waals surface area contributed by atoms with Gasteiger partial charge in [-0.15, -0.1) is 0 Å². The van der Waals surface area contributed by atoms with E-state index in [9.17, 15) is 14.3 Å². The molecule has 0 bridgehead atoms. The Morgan fingerprint density at radius 2 is 2.20 bits per heavy atom. The molecule has 2 aromatic rings. The van der Waals surface area contributed by atoms with E-state index in [1.807, 2.05) is 0 Å². The van der Waals surface area contributed by atoms with Crippen LogP contribution in [0.25, 0.3) is 11.1 Å². The lowest BCUT2D eigenvalue weighted by Crippen LogP contribution is -2.07. The fourth-order valence-electron chi connectivity index (χ4n) is 1.24. The molecule has 0 amide bonds. The van der Waals surface area contributed by atoms with Gasteiger partial charge in [0.25, 0.3) is 0 Å². The van der Waals surface area contributed by atoms with E-state index in [2.05, 4.69) is 9.97 Å². The van der Waals surface area contributed by atoms with Gasteiger partial charge in [-0.2, -0.15) is 0 Å². The Bertz CT molecular complexity index is 531. The number of aromatic nitrogens is 2. The summed E-state index contributed by atoms with van der Waals surface area (Å²) in [7, 11) is 0. The highest BCUT2D eigenvalue weighted by Crippen LogP contribution is 2.27. The highest BCUT2D eigenvalue weighted by atomic mass is 19.1. The van der Waals surface area contributed by atoms with Crippen molar-refractivity contribution < 1.29 is 9.50 Å². The summed E-state index contributed by atoms with van der Waals surface area (Å²) in [6, 6.07) is 3.64. The Morgan fingerprint density at radius 1 is 1.40 bits per heavy atom. The number of rotatable bonds is 1.